The molecule has 1 heterocycles. The van der Waals surface area contributed by atoms with Gasteiger partial charge in [-0.25, -0.2) is 4.79 Å². The summed E-state index contributed by atoms with van der Waals surface area (Å²) in [5.74, 6) is 0. The zero-order valence-corrected chi connectivity index (χ0v) is 9.05. The van der Waals surface area contributed by atoms with Crippen LogP contribution >= 0.6 is 0 Å². The van der Waals surface area contributed by atoms with Crippen molar-refractivity contribution in [3.05, 3.63) is 30.3 Å². The fourth-order valence-electron chi connectivity index (χ4n) is 1.78. The summed E-state index contributed by atoms with van der Waals surface area (Å²) in [6, 6.07) is 9.79. The molecule has 2 rings (SSSR count). The third kappa shape index (κ3) is 1.94. The minimum atomic E-state index is 0.0549. The molecule has 2 amide bonds. The van der Waals surface area contributed by atoms with Crippen LogP contribution in [0.1, 0.15) is 0 Å². The highest BCUT2D eigenvalue weighted by atomic mass is 16.2. The van der Waals surface area contributed by atoms with Crippen LogP contribution in [0, 0.1) is 0 Å². The van der Waals surface area contributed by atoms with Crippen molar-refractivity contribution in [2.45, 2.75) is 0 Å². The molecule has 0 radical (unpaired) electrons. The fraction of sp³-hybridized carbons (Fsp3) is 0.364. The van der Waals surface area contributed by atoms with Gasteiger partial charge < -0.3 is 4.90 Å². The molecule has 0 aromatic heterocycles. The van der Waals surface area contributed by atoms with E-state index in [1.165, 1.54) is 0 Å². The number of hydrogen-bond donors (Lipinski definition) is 0. The standard InChI is InChI=1S/C11H15N3O/c1-12-8-13(2)11(15)14(9-12)10-6-4-3-5-7-10/h3-7H,8-9H2,1-2H3. The Hall–Kier alpha value is -1.55. The van der Waals surface area contributed by atoms with Crippen molar-refractivity contribution >= 4 is 11.7 Å². The van der Waals surface area contributed by atoms with Gasteiger partial charge in [0.1, 0.15) is 0 Å². The maximum atomic E-state index is 11.9. The van der Waals surface area contributed by atoms with Crippen molar-refractivity contribution in [3.8, 4) is 0 Å². The van der Waals surface area contributed by atoms with Crippen molar-refractivity contribution in [2.24, 2.45) is 0 Å². The molecule has 1 fully saturated rings. The lowest BCUT2D eigenvalue weighted by Crippen LogP contribution is -2.55. The normalized spacial score (nSPS) is 18.4. The van der Waals surface area contributed by atoms with Crippen LogP contribution in [0.4, 0.5) is 10.5 Å². The van der Waals surface area contributed by atoms with Crippen LogP contribution in [0.3, 0.4) is 0 Å². The molecule has 0 saturated carbocycles. The van der Waals surface area contributed by atoms with E-state index in [1.54, 1.807) is 9.80 Å². The summed E-state index contributed by atoms with van der Waals surface area (Å²) in [6.07, 6.45) is 0. The molecule has 1 aliphatic heterocycles. The van der Waals surface area contributed by atoms with Crippen molar-refractivity contribution in [1.82, 2.24) is 9.80 Å². The van der Waals surface area contributed by atoms with Gasteiger partial charge in [-0.2, -0.15) is 0 Å². The van der Waals surface area contributed by atoms with E-state index in [1.807, 2.05) is 44.4 Å². The Kier molecular flexibility index (Phi) is 2.60. The number of anilines is 1. The molecule has 0 spiro atoms. The summed E-state index contributed by atoms with van der Waals surface area (Å²) in [5, 5.41) is 0. The zero-order chi connectivity index (χ0) is 10.8. The van der Waals surface area contributed by atoms with Crippen LogP contribution in [0.15, 0.2) is 30.3 Å². The summed E-state index contributed by atoms with van der Waals surface area (Å²) in [6.45, 7) is 1.33. The summed E-state index contributed by atoms with van der Waals surface area (Å²) in [4.78, 5) is 17.5. The molecule has 1 aromatic carbocycles. The van der Waals surface area contributed by atoms with E-state index in [-0.39, 0.29) is 6.03 Å². The third-order valence-electron chi connectivity index (χ3n) is 2.46. The Morgan fingerprint density at radius 1 is 1.07 bits per heavy atom. The molecule has 0 unspecified atom stereocenters. The van der Waals surface area contributed by atoms with Gasteiger partial charge >= 0.3 is 6.03 Å². The molecule has 4 nitrogen and oxygen atoms in total. The van der Waals surface area contributed by atoms with Gasteiger partial charge in [-0.15, -0.1) is 0 Å². The van der Waals surface area contributed by atoms with Crippen molar-refractivity contribution in [3.63, 3.8) is 0 Å². The second-order valence-electron chi connectivity index (χ2n) is 3.88. The van der Waals surface area contributed by atoms with E-state index in [0.717, 1.165) is 5.69 Å². The molecule has 1 saturated heterocycles. The number of benzene rings is 1. The van der Waals surface area contributed by atoms with Gasteiger partial charge in [-0.1, -0.05) is 18.2 Å². The minimum Gasteiger partial charge on any atom is -0.314 e. The molecular formula is C11H15N3O. The molecule has 1 aromatic rings. The average molecular weight is 205 g/mol. The summed E-state index contributed by atoms with van der Waals surface area (Å²) >= 11 is 0. The van der Waals surface area contributed by atoms with Gasteiger partial charge in [-0.3, -0.25) is 9.80 Å². The summed E-state index contributed by atoms with van der Waals surface area (Å²) in [5.41, 5.74) is 0.945. The molecule has 15 heavy (non-hydrogen) atoms. The molecule has 80 valence electrons. The molecule has 0 atom stereocenters. The number of carbonyl (C=O) groups excluding carboxylic acids is 1. The molecule has 0 bridgehead atoms. The van der Waals surface area contributed by atoms with Crippen LogP contribution in [-0.2, 0) is 0 Å². The number of hydrogen-bond acceptors (Lipinski definition) is 2. The molecular weight excluding hydrogens is 190 g/mol. The first kappa shape index (κ1) is 9.98. The van der Waals surface area contributed by atoms with Crippen LogP contribution < -0.4 is 4.90 Å². The van der Waals surface area contributed by atoms with E-state index in [4.69, 9.17) is 0 Å². The number of para-hydroxylation sites is 1. The SMILES string of the molecule is CN1CN(C)C(=O)N(c2ccccc2)C1. The van der Waals surface area contributed by atoms with Crippen molar-refractivity contribution in [1.29, 1.82) is 0 Å². The van der Waals surface area contributed by atoms with E-state index in [0.29, 0.717) is 13.3 Å². The van der Waals surface area contributed by atoms with Crippen LogP contribution in [0.2, 0.25) is 0 Å². The van der Waals surface area contributed by atoms with E-state index in [2.05, 4.69) is 4.90 Å². The maximum absolute atomic E-state index is 11.9. The monoisotopic (exact) mass is 205 g/mol. The maximum Gasteiger partial charge on any atom is 0.326 e. The van der Waals surface area contributed by atoms with E-state index >= 15 is 0 Å². The smallest absolute Gasteiger partial charge is 0.314 e. The van der Waals surface area contributed by atoms with Crippen molar-refractivity contribution < 1.29 is 4.79 Å². The first-order valence-corrected chi connectivity index (χ1v) is 4.94. The third-order valence-corrected chi connectivity index (χ3v) is 2.46. The number of nitrogens with zero attached hydrogens (tertiary/aromatic N) is 3. The first-order chi connectivity index (χ1) is 7.18. The first-order valence-electron chi connectivity index (χ1n) is 4.94. The highest BCUT2D eigenvalue weighted by Crippen LogP contribution is 2.18. The van der Waals surface area contributed by atoms with Gasteiger partial charge in [-0.05, 0) is 19.2 Å². The van der Waals surface area contributed by atoms with Crippen LogP contribution in [0.5, 0.6) is 0 Å². The number of amides is 2. The largest absolute Gasteiger partial charge is 0.326 e. The molecule has 1 aliphatic rings. The average Bonchev–Trinajstić information content (AvgIpc) is 2.24. The minimum absolute atomic E-state index is 0.0549. The number of carbonyl (C=O) groups is 1. The lowest BCUT2D eigenvalue weighted by atomic mass is 10.3. The number of rotatable bonds is 1. The van der Waals surface area contributed by atoms with Gasteiger partial charge in [0.25, 0.3) is 0 Å². The Morgan fingerprint density at radius 3 is 2.40 bits per heavy atom. The van der Waals surface area contributed by atoms with Gasteiger partial charge in [0, 0.05) is 12.7 Å². The predicted octanol–water partition coefficient (Wildman–Crippen LogP) is 1.41. The Labute approximate surface area is 89.7 Å². The second kappa shape index (κ2) is 3.90. The Balaban J connectivity index is 2.24. The lowest BCUT2D eigenvalue weighted by Gasteiger charge is -2.38. The topological polar surface area (TPSA) is 26.8 Å². The highest BCUT2D eigenvalue weighted by molar-refractivity contribution is 5.92. The lowest BCUT2D eigenvalue weighted by molar-refractivity contribution is 0.149. The van der Waals surface area contributed by atoms with E-state index < -0.39 is 0 Å². The predicted molar refractivity (Wildman–Crippen MR) is 59.6 cm³/mol. The highest BCUT2D eigenvalue weighted by Gasteiger charge is 2.26. The summed E-state index contributed by atoms with van der Waals surface area (Å²) in [7, 11) is 3.81. The second-order valence-corrected chi connectivity index (χ2v) is 3.88. The van der Waals surface area contributed by atoms with Crippen LogP contribution in [0.25, 0.3) is 0 Å². The molecule has 0 N–H and O–H groups in total. The van der Waals surface area contributed by atoms with Gasteiger partial charge in [0.15, 0.2) is 0 Å². The number of urea groups is 1. The van der Waals surface area contributed by atoms with Crippen LogP contribution in [-0.4, -0.2) is 43.3 Å². The van der Waals surface area contributed by atoms with E-state index in [9.17, 15) is 4.79 Å². The molecule has 0 aliphatic carbocycles. The van der Waals surface area contributed by atoms with Gasteiger partial charge in [0.05, 0.1) is 13.3 Å². The Morgan fingerprint density at radius 2 is 1.73 bits per heavy atom. The van der Waals surface area contributed by atoms with Gasteiger partial charge in [0.2, 0.25) is 0 Å². The Bertz CT molecular complexity index is 352. The quantitative estimate of drug-likeness (QED) is 0.693. The summed E-state index contributed by atoms with van der Waals surface area (Å²) < 4.78 is 0. The zero-order valence-electron chi connectivity index (χ0n) is 9.05. The van der Waals surface area contributed by atoms with Crippen molar-refractivity contribution in [2.75, 3.05) is 32.3 Å². The fourth-order valence-corrected chi connectivity index (χ4v) is 1.78. The molecule has 4 heteroatoms.